The van der Waals surface area contributed by atoms with Gasteiger partial charge in [0.1, 0.15) is 0 Å². The number of nitrogens with one attached hydrogen (secondary N) is 1. The Hall–Kier alpha value is -2.28. The molecule has 0 aliphatic carbocycles. The summed E-state index contributed by atoms with van der Waals surface area (Å²) in [5, 5.41) is 13.6. The molecule has 0 saturated carbocycles. The third-order valence-electron chi connectivity index (χ3n) is 5.81. The van der Waals surface area contributed by atoms with E-state index in [1.54, 1.807) is 7.11 Å². The van der Waals surface area contributed by atoms with Crippen LogP contribution < -0.4 is 10.2 Å². The molecule has 7 heteroatoms. The average molecular weight is 461 g/mol. The van der Waals surface area contributed by atoms with E-state index in [0.717, 1.165) is 61.6 Å². The van der Waals surface area contributed by atoms with Crippen LogP contribution in [0, 0.1) is 0 Å². The molecule has 0 amide bonds. The van der Waals surface area contributed by atoms with Gasteiger partial charge in [-0.3, -0.25) is 4.79 Å². The van der Waals surface area contributed by atoms with E-state index in [4.69, 9.17) is 21.1 Å². The summed E-state index contributed by atoms with van der Waals surface area (Å²) in [5.41, 5.74) is 3.94. The summed E-state index contributed by atoms with van der Waals surface area (Å²) in [7, 11) is 1.60. The molecule has 174 valence electrons. The van der Waals surface area contributed by atoms with Gasteiger partial charge in [-0.1, -0.05) is 24.6 Å². The summed E-state index contributed by atoms with van der Waals surface area (Å²) in [6.45, 7) is 5.03. The van der Waals surface area contributed by atoms with Crippen LogP contribution in [0.15, 0.2) is 42.5 Å². The number of hydrogen-bond acceptors (Lipinski definition) is 5. The molecule has 1 fully saturated rings. The number of carbonyl (C=O) groups is 1. The number of ether oxygens (including phenoxy) is 2. The first-order chi connectivity index (χ1) is 15.5. The van der Waals surface area contributed by atoms with Crippen LogP contribution in [0.3, 0.4) is 0 Å². The maximum absolute atomic E-state index is 11.4. The van der Waals surface area contributed by atoms with Crippen LogP contribution >= 0.6 is 11.6 Å². The van der Waals surface area contributed by atoms with E-state index < -0.39 is 5.97 Å². The molecule has 2 aromatic rings. The van der Waals surface area contributed by atoms with Crippen molar-refractivity contribution in [1.29, 1.82) is 0 Å². The number of carboxylic acid groups (broad SMARTS) is 1. The van der Waals surface area contributed by atoms with Crippen molar-refractivity contribution < 1.29 is 19.4 Å². The Balaban J connectivity index is 2.01. The first-order valence-electron chi connectivity index (χ1n) is 11.2. The van der Waals surface area contributed by atoms with E-state index in [1.165, 1.54) is 0 Å². The lowest BCUT2D eigenvalue weighted by molar-refractivity contribution is -0.137. The maximum atomic E-state index is 11.4. The van der Waals surface area contributed by atoms with Crippen molar-refractivity contribution in [1.82, 2.24) is 0 Å². The molecule has 3 rings (SSSR count). The average Bonchev–Trinajstić information content (AvgIpc) is 2.79. The first-order valence-corrected chi connectivity index (χ1v) is 11.6. The second kappa shape index (κ2) is 12.1. The van der Waals surface area contributed by atoms with Crippen molar-refractivity contribution in [3.8, 4) is 0 Å². The SMILES string of the molecule is CCCN(c1ccc(C(COC)CC(=O)O)cc1Nc1ccc(Cl)cc1)C1CCOCC1. The smallest absolute Gasteiger partial charge is 0.304 e. The van der Waals surface area contributed by atoms with E-state index in [2.05, 4.69) is 29.3 Å². The van der Waals surface area contributed by atoms with Gasteiger partial charge < -0.3 is 24.8 Å². The normalized spacial score (nSPS) is 15.3. The van der Waals surface area contributed by atoms with E-state index in [1.807, 2.05) is 30.3 Å². The van der Waals surface area contributed by atoms with Gasteiger partial charge in [0.05, 0.1) is 24.4 Å². The molecule has 1 saturated heterocycles. The second-order valence-electron chi connectivity index (χ2n) is 8.20. The minimum Gasteiger partial charge on any atom is -0.481 e. The summed E-state index contributed by atoms with van der Waals surface area (Å²) in [5.74, 6) is -1.06. The maximum Gasteiger partial charge on any atom is 0.304 e. The minimum atomic E-state index is -0.835. The van der Waals surface area contributed by atoms with Gasteiger partial charge in [0.25, 0.3) is 0 Å². The number of anilines is 3. The Labute approximate surface area is 195 Å². The van der Waals surface area contributed by atoms with Crippen molar-refractivity contribution in [3.63, 3.8) is 0 Å². The van der Waals surface area contributed by atoms with E-state index in [-0.39, 0.29) is 12.3 Å². The molecule has 0 aromatic heterocycles. The zero-order valence-electron chi connectivity index (χ0n) is 18.9. The van der Waals surface area contributed by atoms with Crippen molar-refractivity contribution in [2.75, 3.05) is 43.7 Å². The van der Waals surface area contributed by atoms with Crippen LogP contribution in [0.2, 0.25) is 5.02 Å². The zero-order valence-corrected chi connectivity index (χ0v) is 19.6. The fraction of sp³-hybridized carbons (Fsp3) is 0.480. The Morgan fingerprint density at radius 2 is 1.97 bits per heavy atom. The van der Waals surface area contributed by atoms with Crippen LogP contribution in [0.5, 0.6) is 0 Å². The highest BCUT2D eigenvalue weighted by Crippen LogP contribution is 2.36. The molecule has 1 unspecified atom stereocenters. The standard InChI is InChI=1S/C25H33ClN2O4/c1-3-12-28(22-10-13-32-14-11-22)24-9-4-18(19(17-31-2)16-25(29)30)15-23(24)27-21-7-5-20(26)6-8-21/h4-9,15,19,22,27H,3,10-14,16-17H2,1-2H3,(H,29,30). The summed E-state index contributed by atoms with van der Waals surface area (Å²) >= 11 is 6.07. The summed E-state index contributed by atoms with van der Waals surface area (Å²) in [4.78, 5) is 13.9. The van der Waals surface area contributed by atoms with Crippen LogP contribution in [0.1, 0.15) is 44.1 Å². The molecule has 0 bridgehead atoms. The van der Waals surface area contributed by atoms with Crippen molar-refractivity contribution in [2.24, 2.45) is 0 Å². The lowest BCUT2D eigenvalue weighted by atomic mass is 9.94. The van der Waals surface area contributed by atoms with Gasteiger partial charge in [-0.25, -0.2) is 0 Å². The van der Waals surface area contributed by atoms with Crippen molar-refractivity contribution in [3.05, 3.63) is 53.1 Å². The number of aliphatic carboxylic acids is 1. The van der Waals surface area contributed by atoms with Gasteiger partial charge >= 0.3 is 5.97 Å². The molecule has 1 aliphatic heterocycles. The van der Waals surface area contributed by atoms with Crippen LogP contribution in [-0.2, 0) is 14.3 Å². The monoisotopic (exact) mass is 460 g/mol. The van der Waals surface area contributed by atoms with Gasteiger partial charge in [-0.05, 0) is 61.2 Å². The number of nitrogens with zero attached hydrogens (tertiary/aromatic N) is 1. The Kier molecular flexibility index (Phi) is 9.21. The third kappa shape index (κ3) is 6.61. The Morgan fingerprint density at radius 3 is 2.59 bits per heavy atom. The van der Waals surface area contributed by atoms with Gasteiger partial charge in [-0.15, -0.1) is 0 Å². The summed E-state index contributed by atoms with van der Waals surface area (Å²) in [6.07, 6.45) is 3.04. The molecule has 6 nitrogen and oxygen atoms in total. The Bertz CT molecular complexity index is 869. The van der Waals surface area contributed by atoms with Crippen LogP contribution in [0.25, 0.3) is 0 Å². The van der Waals surface area contributed by atoms with Gasteiger partial charge in [-0.2, -0.15) is 0 Å². The molecule has 32 heavy (non-hydrogen) atoms. The number of hydrogen-bond donors (Lipinski definition) is 2. The van der Waals surface area contributed by atoms with Crippen molar-refractivity contribution >= 4 is 34.6 Å². The molecule has 2 aromatic carbocycles. The molecule has 0 radical (unpaired) electrons. The number of methoxy groups -OCH3 is 1. The van der Waals surface area contributed by atoms with E-state index in [9.17, 15) is 9.90 Å². The van der Waals surface area contributed by atoms with Gasteiger partial charge in [0, 0.05) is 49.5 Å². The number of rotatable bonds is 11. The number of benzene rings is 2. The minimum absolute atomic E-state index is 0.0200. The van der Waals surface area contributed by atoms with Crippen molar-refractivity contribution in [2.45, 2.75) is 44.6 Å². The predicted octanol–water partition coefficient (Wildman–Crippen LogP) is 5.68. The van der Waals surface area contributed by atoms with Crippen LogP contribution in [-0.4, -0.2) is 50.6 Å². The van der Waals surface area contributed by atoms with E-state index >= 15 is 0 Å². The Morgan fingerprint density at radius 1 is 1.25 bits per heavy atom. The summed E-state index contributed by atoms with van der Waals surface area (Å²) in [6, 6.07) is 14.2. The first kappa shape index (κ1) is 24.4. The quantitative estimate of drug-likeness (QED) is 0.449. The predicted molar refractivity (Wildman–Crippen MR) is 130 cm³/mol. The molecule has 0 spiro atoms. The molecule has 2 N–H and O–H groups in total. The topological polar surface area (TPSA) is 71.0 Å². The number of halogens is 1. The lowest BCUT2D eigenvalue weighted by Crippen LogP contribution is -2.40. The van der Waals surface area contributed by atoms with E-state index in [0.29, 0.717) is 17.7 Å². The second-order valence-corrected chi connectivity index (χ2v) is 8.63. The largest absolute Gasteiger partial charge is 0.481 e. The molecule has 1 heterocycles. The molecule has 1 aliphatic rings. The van der Waals surface area contributed by atoms with Gasteiger partial charge in [0.2, 0.25) is 0 Å². The highest BCUT2D eigenvalue weighted by atomic mass is 35.5. The fourth-order valence-electron chi connectivity index (χ4n) is 4.27. The molecular weight excluding hydrogens is 428 g/mol. The highest BCUT2D eigenvalue weighted by molar-refractivity contribution is 6.30. The third-order valence-corrected chi connectivity index (χ3v) is 6.06. The zero-order chi connectivity index (χ0) is 22.9. The lowest BCUT2D eigenvalue weighted by Gasteiger charge is -2.37. The molecule has 1 atom stereocenters. The summed E-state index contributed by atoms with van der Waals surface area (Å²) < 4.78 is 10.9. The molecular formula is C25H33ClN2O4. The highest BCUT2D eigenvalue weighted by Gasteiger charge is 2.25. The van der Waals surface area contributed by atoms with Gasteiger partial charge in [0.15, 0.2) is 0 Å². The fourth-order valence-corrected chi connectivity index (χ4v) is 4.40. The number of carboxylic acids is 1. The van der Waals surface area contributed by atoms with Crippen LogP contribution in [0.4, 0.5) is 17.1 Å².